The van der Waals surface area contributed by atoms with Crippen LogP contribution in [0.2, 0.25) is 0 Å². The number of hydrogen-bond donors (Lipinski definition) is 2. The van der Waals surface area contributed by atoms with E-state index in [0.717, 1.165) is 18.2 Å². The largest absolute Gasteiger partial charge is 0.507 e. The van der Waals surface area contributed by atoms with Crippen molar-refractivity contribution in [1.82, 2.24) is 4.98 Å². The molecule has 0 aliphatic rings. The maximum Gasteiger partial charge on any atom is 0.260 e. The first-order valence-electron chi connectivity index (χ1n) is 4.88. The van der Waals surface area contributed by atoms with Gasteiger partial charge in [-0.15, -0.1) is 0 Å². The van der Waals surface area contributed by atoms with E-state index in [1.54, 1.807) is 18.2 Å². The third kappa shape index (κ3) is 2.57. The highest BCUT2D eigenvalue weighted by atomic mass is 19.1. The molecule has 0 radical (unpaired) electrons. The van der Waals surface area contributed by atoms with Crippen molar-refractivity contribution in [3.63, 3.8) is 0 Å². The summed E-state index contributed by atoms with van der Waals surface area (Å²) in [6.45, 7) is 0. The van der Waals surface area contributed by atoms with Crippen molar-refractivity contribution in [3.05, 3.63) is 54.0 Å². The van der Waals surface area contributed by atoms with Crippen LogP contribution in [-0.4, -0.2) is 16.0 Å². The van der Waals surface area contributed by atoms with Gasteiger partial charge in [-0.25, -0.2) is 9.37 Å². The van der Waals surface area contributed by atoms with Crippen molar-refractivity contribution in [3.8, 4) is 5.75 Å². The number of nitrogens with zero attached hydrogens (tertiary/aromatic N) is 1. The van der Waals surface area contributed by atoms with Crippen molar-refractivity contribution >= 4 is 11.7 Å². The van der Waals surface area contributed by atoms with Crippen molar-refractivity contribution in [2.24, 2.45) is 0 Å². The summed E-state index contributed by atoms with van der Waals surface area (Å²) in [4.78, 5) is 15.6. The summed E-state index contributed by atoms with van der Waals surface area (Å²) in [5.74, 6) is -1.14. The van der Waals surface area contributed by atoms with Gasteiger partial charge in [0.25, 0.3) is 5.91 Å². The van der Waals surface area contributed by atoms with Crippen LogP contribution >= 0.6 is 0 Å². The molecule has 0 spiro atoms. The Balaban J connectivity index is 2.23. The van der Waals surface area contributed by atoms with Gasteiger partial charge in [-0.2, -0.15) is 0 Å². The van der Waals surface area contributed by atoms with Crippen LogP contribution in [0.25, 0.3) is 0 Å². The molecule has 2 N–H and O–H groups in total. The highest BCUT2D eigenvalue weighted by Crippen LogP contribution is 2.18. The molecule has 1 heterocycles. The van der Waals surface area contributed by atoms with Crippen LogP contribution in [0, 0.1) is 5.82 Å². The maximum atomic E-state index is 12.9. The van der Waals surface area contributed by atoms with Gasteiger partial charge in [0.1, 0.15) is 17.4 Å². The van der Waals surface area contributed by atoms with E-state index in [1.165, 1.54) is 6.20 Å². The number of rotatable bonds is 2. The molecule has 86 valence electrons. The van der Waals surface area contributed by atoms with Crippen molar-refractivity contribution in [2.45, 2.75) is 0 Å². The number of hydrogen-bond acceptors (Lipinski definition) is 3. The molecule has 1 aromatic carbocycles. The SMILES string of the molecule is O=C(Nc1ccccn1)c1cc(F)ccc1O. The second-order valence-electron chi connectivity index (χ2n) is 3.33. The van der Waals surface area contributed by atoms with E-state index in [0.29, 0.717) is 5.82 Å². The van der Waals surface area contributed by atoms with Gasteiger partial charge in [0.2, 0.25) is 0 Å². The topological polar surface area (TPSA) is 62.2 Å². The fourth-order valence-electron chi connectivity index (χ4n) is 1.31. The van der Waals surface area contributed by atoms with E-state index < -0.39 is 11.7 Å². The van der Waals surface area contributed by atoms with Crippen LogP contribution in [0.5, 0.6) is 5.75 Å². The Bertz CT molecular complexity index is 543. The summed E-state index contributed by atoms with van der Waals surface area (Å²) in [6, 6.07) is 8.17. The van der Waals surface area contributed by atoms with Gasteiger partial charge in [0.15, 0.2) is 0 Å². The van der Waals surface area contributed by atoms with Crippen molar-refractivity contribution in [2.75, 3.05) is 5.32 Å². The third-order valence-electron chi connectivity index (χ3n) is 2.11. The summed E-state index contributed by atoms with van der Waals surface area (Å²) in [5.41, 5.74) is -0.129. The molecule has 17 heavy (non-hydrogen) atoms. The number of pyridine rings is 1. The lowest BCUT2D eigenvalue weighted by Gasteiger charge is -2.05. The first kappa shape index (κ1) is 11.1. The van der Waals surface area contributed by atoms with Gasteiger partial charge in [0, 0.05) is 6.20 Å². The number of halogens is 1. The van der Waals surface area contributed by atoms with E-state index in [1.807, 2.05) is 0 Å². The van der Waals surface area contributed by atoms with E-state index in [9.17, 15) is 14.3 Å². The van der Waals surface area contributed by atoms with E-state index in [-0.39, 0.29) is 11.3 Å². The molecule has 0 unspecified atom stereocenters. The van der Waals surface area contributed by atoms with Crippen molar-refractivity contribution in [1.29, 1.82) is 0 Å². The molecule has 2 aromatic rings. The summed E-state index contributed by atoms with van der Waals surface area (Å²) < 4.78 is 12.9. The smallest absolute Gasteiger partial charge is 0.260 e. The normalized spacial score (nSPS) is 9.94. The predicted octanol–water partition coefficient (Wildman–Crippen LogP) is 2.18. The number of aromatic hydroxyl groups is 1. The number of nitrogens with one attached hydrogen (secondary N) is 1. The lowest BCUT2D eigenvalue weighted by atomic mass is 10.2. The minimum Gasteiger partial charge on any atom is -0.507 e. The van der Waals surface area contributed by atoms with Gasteiger partial charge in [-0.3, -0.25) is 4.79 Å². The highest BCUT2D eigenvalue weighted by molar-refractivity contribution is 6.05. The first-order chi connectivity index (χ1) is 8.16. The fourth-order valence-corrected chi connectivity index (χ4v) is 1.31. The number of phenols is 1. The number of carbonyl (C=O) groups excluding carboxylic acids is 1. The third-order valence-corrected chi connectivity index (χ3v) is 2.11. The Morgan fingerprint density at radius 3 is 2.82 bits per heavy atom. The van der Waals surface area contributed by atoms with Gasteiger partial charge < -0.3 is 10.4 Å². The van der Waals surface area contributed by atoms with Crippen LogP contribution in [0.1, 0.15) is 10.4 Å². The standard InChI is InChI=1S/C12H9FN2O2/c13-8-4-5-10(16)9(7-8)12(17)15-11-3-1-2-6-14-11/h1-7,16H,(H,14,15,17). The van der Waals surface area contributed by atoms with Crippen LogP contribution in [0.15, 0.2) is 42.6 Å². The molecule has 0 bridgehead atoms. The first-order valence-corrected chi connectivity index (χ1v) is 4.88. The van der Waals surface area contributed by atoms with E-state index in [2.05, 4.69) is 10.3 Å². The quantitative estimate of drug-likeness (QED) is 0.834. The van der Waals surface area contributed by atoms with E-state index in [4.69, 9.17) is 0 Å². The Morgan fingerprint density at radius 1 is 1.29 bits per heavy atom. The Hall–Kier alpha value is -2.43. The molecular weight excluding hydrogens is 223 g/mol. The van der Waals surface area contributed by atoms with Crippen LogP contribution in [0.3, 0.4) is 0 Å². The number of amides is 1. The monoisotopic (exact) mass is 232 g/mol. The number of phenolic OH excluding ortho intramolecular Hbond substituents is 1. The zero-order valence-electron chi connectivity index (χ0n) is 8.72. The molecule has 0 saturated heterocycles. The summed E-state index contributed by atoms with van der Waals surface area (Å²) in [5, 5.41) is 11.9. The second kappa shape index (κ2) is 4.61. The molecule has 0 atom stereocenters. The average Bonchev–Trinajstić information content (AvgIpc) is 2.33. The van der Waals surface area contributed by atoms with Crippen LogP contribution in [-0.2, 0) is 0 Å². The second-order valence-corrected chi connectivity index (χ2v) is 3.33. The van der Waals surface area contributed by atoms with E-state index >= 15 is 0 Å². The van der Waals surface area contributed by atoms with Gasteiger partial charge in [-0.05, 0) is 30.3 Å². The Kier molecular flexibility index (Phi) is 3.00. The zero-order valence-corrected chi connectivity index (χ0v) is 8.72. The summed E-state index contributed by atoms with van der Waals surface area (Å²) in [7, 11) is 0. The fraction of sp³-hybridized carbons (Fsp3) is 0. The molecule has 0 aliphatic carbocycles. The highest BCUT2D eigenvalue weighted by Gasteiger charge is 2.12. The Morgan fingerprint density at radius 2 is 2.12 bits per heavy atom. The molecule has 0 fully saturated rings. The lowest BCUT2D eigenvalue weighted by Crippen LogP contribution is -2.13. The molecular formula is C12H9FN2O2. The minimum absolute atomic E-state index is 0.129. The summed E-state index contributed by atoms with van der Waals surface area (Å²) in [6.07, 6.45) is 1.51. The number of carbonyl (C=O) groups is 1. The number of benzene rings is 1. The maximum absolute atomic E-state index is 12.9. The van der Waals surface area contributed by atoms with Crippen molar-refractivity contribution < 1.29 is 14.3 Å². The van der Waals surface area contributed by atoms with Crippen LogP contribution < -0.4 is 5.32 Å². The van der Waals surface area contributed by atoms with Gasteiger partial charge in [0.05, 0.1) is 5.56 Å². The Labute approximate surface area is 96.7 Å². The van der Waals surface area contributed by atoms with Gasteiger partial charge >= 0.3 is 0 Å². The molecule has 1 amide bonds. The minimum atomic E-state index is -0.610. The molecule has 1 aromatic heterocycles. The summed E-state index contributed by atoms with van der Waals surface area (Å²) >= 11 is 0. The molecule has 5 heteroatoms. The molecule has 2 rings (SSSR count). The number of aromatic nitrogens is 1. The van der Waals surface area contributed by atoms with Gasteiger partial charge in [-0.1, -0.05) is 6.07 Å². The predicted molar refractivity (Wildman–Crippen MR) is 60.3 cm³/mol. The average molecular weight is 232 g/mol. The number of anilines is 1. The molecule has 0 saturated carbocycles. The zero-order chi connectivity index (χ0) is 12.3. The lowest BCUT2D eigenvalue weighted by molar-refractivity contribution is 0.102. The molecule has 0 aliphatic heterocycles. The van der Waals surface area contributed by atoms with Crippen LogP contribution in [0.4, 0.5) is 10.2 Å². The molecule has 4 nitrogen and oxygen atoms in total.